The summed E-state index contributed by atoms with van der Waals surface area (Å²) in [6, 6.07) is 1.75. The van der Waals surface area contributed by atoms with E-state index in [2.05, 4.69) is 10.4 Å². The summed E-state index contributed by atoms with van der Waals surface area (Å²) in [5, 5.41) is 16.6. The van der Waals surface area contributed by atoms with Crippen LogP contribution in [0.1, 0.15) is 42.3 Å². The molecule has 3 heterocycles. The molecule has 1 N–H and O–H groups in total. The van der Waals surface area contributed by atoms with Crippen LogP contribution >= 0.6 is 0 Å². The molecular weight excluding hydrogens is 368 g/mol. The molecule has 1 amide bonds. The highest BCUT2D eigenvalue weighted by Crippen LogP contribution is 2.27. The lowest BCUT2D eigenvalue weighted by Gasteiger charge is -2.11. The summed E-state index contributed by atoms with van der Waals surface area (Å²) < 4.78 is 30.7. The quantitative estimate of drug-likeness (QED) is 0.592. The maximum atomic E-state index is 12.3. The Morgan fingerprint density at radius 2 is 2.22 bits per heavy atom. The number of nitriles is 1. The molecule has 0 spiro atoms. The zero-order valence-corrected chi connectivity index (χ0v) is 16.4. The molecule has 2 aliphatic heterocycles. The summed E-state index contributed by atoms with van der Waals surface area (Å²) in [6.45, 7) is 4.71. The Balaban J connectivity index is 1.78. The van der Waals surface area contributed by atoms with Crippen molar-refractivity contribution in [3.8, 4) is 6.07 Å². The zero-order valence-electron chi connectivity index (χ0n) is 15.6. The number of nitrogens with zero attached hydrogens (tertiary/aromatic N) is 3. The number of amides is 1. The number of aromatic nitrogens is 2. The van der Waals surface area contributed by atoms with Crippen LogP contribution in [0.25, 0.3) is 6.08 Å². The van der Waals surface area contributed by atoms with Gasteiger partial charge in [0.2, 0.25) is 0 Å². The van der Waals surface area contributed by atoms with Crippen molar-refractivity contribution in [2.45, 2.75) is 45.3 Å². The smallest absolute Gasteiger partial charge is 0.262 e. The molecule has 27 heavy (non-hydrogen) atoms. The first-order chi connectivity index (χ1) is 12.8. The summed E-state index contributed by atoms with van der Waals surface area (Å²) in [6.07, 6.45) is 3.95. The Morgan fingerprint density at radius 3 is 2.81 bits per heavy atom. The third-order valence-corrected chi connectivity index (χ3v) is 6.85. The van der Waals surface area contributed by atoms with Crippen molar-refractivity contribution in [3.05, 3.63) is 22.5 Å². The van der Waals surface area contributed by atoms with Crippen molar-refractivity contribution in [2.75, 3.05) is 24.7 Å². The van der Waals surface area contributed by atoms with Gasteiger partial charge in [0.1, 0.15) is 11.6 Å². The molecule has 9 heteroatoms. The van der Waals surface area contributed by atoms with Crippen LogP contribution in [0.4, 0.5) is 0 Å². The van der Waals surface area contributed by atoms with Crippen LogP contribution in [-0.2, 0) is 19.4 Å². The molecule has 0 aromatic carbocycles. The molecule has 2 atom stereocenters. The van der Waals surface area contributed by atoms with Crippen LogP contribution in [0, 0.1) is 25.2 Å². The van der Waals surface area contributed by atoms with Crippen molar-refractivity contribution >= 4 is 21.8 Å². The fraction of sp³-hybridized carbons (Fsp3) is 0.611. The number of nitrogens with one attached hydrogen (secondary N) is 1. The molecule has 2 saturated heterocycles. The predicted molar refractivity (Wildman–Crippen MR) is 99.6 cm³/mol. The Kier molecular flexibility index (Phi) is 5.67. The minimum atomic E-state index is -3.03. The summed E-state index contributed by atoms with van der Waals surface area (Å²) in [5.41, 5.74) is 2.10. The molecule has 2 fully saturated rings. The number of rotatable bonds is 5. The zero-order chi connectivity index (χ0) is 19.6. The van der Waals surface area contributed by atoms with Gasteiger partial charge >= 0.3 is 0 Å². The maximum absolute atomic E-state index is 12.3. The fourth-order valence-electron chi connectivity index (χ4n) is 3.61. The van der Waals surface area contributed by atoms with Gasteiger partial charge in [-0.2, -0.15) is 10.4 Å². The first-order valence-corrected chi connectivity index (χ1v) is 10.9. The highest BCUT2D eigenvalue weighted by Gasteiger charge is 2.31. The van der Waals surface area contributed by atoms with Gasteiger partial charge in [0.05, 0.1) is 29.3 Å². The normalized spacial score (nSPS) is 24.7. The first kappa shape index (κ1) is 19.6. The van der Waals surface area contributed by atoms with Gasteiger partial charge in [-0.1, -0.05) is 0 Å². The number of sulfone groups is 1. The Bertz CT molecular complexity index is 905. The van der Waals surface area contributed by atoms with Crippen LogP contribution in [0.2, 0.25) is 0 Å². The molecule has 3 rings (SSSR count). The van der Waals surface area contributed by atoms with E-state index in [0.717, 1.165) is 18.5 Å². The van der Waals surface area contributed by atoms with E-state index < -0.39 is 15.7 Å². The molecule has 0 aliphatic carbocycles. The Morgan fingerprint density at radius 1 is 1.44 bits per heavy atom. The van der Waals surface area contributed by atoms with Crippen molar-refractivity contribution in [1.29, 1.82) is 5.26 Å². The lowest BCUT2D eigenvalue weighted by Crippen LogP contribution is -2.32. The van der Waals surface area contributed by atoms with Gasteiger partial charge in [0.25, 0.3) is 5.91 Å². The van der Waals surface area contributed by atoms with Gasteiger partial charge in [-0.25, -0.2) is 8.42 Å². The lowest BCUT2D eigenvalue weighted by molar-refractivity contribution is -0.117. The van der Waals surface area contributed by atoms with E-state index in [0.29, 0.717) is 30.8 Å². The second-order valence-electron chi connectivity index (χ2n) is 7.10. The molecule has 2 aliphatic rings. The summed E-state index contributed by atoms with van der Waals surface area (Å²) in [4.78, 5) is 12.3. The van der Waals surface area contributed by atoms with Crippen molar-refractivity contribution in [1.82, 2.24) is 15.1 Å². The molecule has 146 valence electrons. The molecule has 1 aromatic heterocycles. The monoisotopic (exact) mass is 392 g/mol. The number of hydrogen-bond donors (Lipinski definition) is 1. The van der Waals surface area contributed by atoms with Gasteiger partial charge < -0.3 is 10.1 Å². The van der Waals surface area contributed by atoms with Crippen molar-refractivity contribution in [2.24, 2.45) is 0 Å². The first-order valence-electron chi connectivity index (χ1n) is 9.08. The van der Waals surface area contributed by atoms with E-state index in [9.17, 15) is 18.5 Å². The van der Waals surface area contributed by atoms with Gasteiger partial charge in [-0.3, -0.25) is 9.48 Å². The fourth-order valence-corrected chi connectivity index (χ4v) is 5.30. The number of aryl methyl sites for hydroxylation is 1. The molecule has 1 aromatic rings. The predicted octanol–water partition coefficient (Wildman–Crippen LogP) is 1.06. The topological polar surface area (TPSA) is 114 Å². The van der Waals surface area contributed by atoms with E-state index >= 15 is 0 Å². The number of hydrogen-bond acceptors (Lipinski definition) is 6. The average molecular weight is 392 g/mol. The van der Waals surface area contributed by atoms with E-state index in [-0.39, 0.29) is 29.2 Å². The summed E-state index contributed by atoms with van der Waals surface area (Å²) >= 11 is 0. The summed E-state index contributed by atoms with van der Waals surface area (Å²) in [7, 11) is -3.03. The number of carbonyl (C=O) groups is 1. The van der Waals surface area contributed by atoms with Gasteiger partial charge in [0, 0.05) is 24.4 Å². The lowest BCUT2D eigenvalue weighted by atomic mass is 10.1. The third-order valence-electron chi connectivity index (χ3n) is 5.10. The second-order valence-corrected chi connectivity index (χ2v) is 9.33. The molecule has 0 bridgehead atoms. The minimum absolute atomic E-state index is 0.00205. The highest BCUT2D eigenvalue weighted by molar-refractivity contribution is 7.91. The highest BCUT2D eigenvalue weighted by atomic mass is 32.2. The van der Waals surface area contributed by atoms with Crippen LogP contribution in [0.15, 0.2) is 5.57 Å². The van der Waals surface area contributed by atoms with Gasteiger partial charge in [-0.05, 0) is 39.2 Å². The second kappa shape index (κ2) is 7.82. The van der Waals surface area contributed by atoms with Crippen LogP contribution in [0.3, 0.4) is 0 Å². The standard InChI is InChI=1S/C18H24N4O4S/c1-12-17(13(2)22(21-12)15-5-7-27(24,25)11-15)8-14(9-19)18(23)20-10-16-4-3-6-26-16/h8,15-16H,3-7,10-11H2,1-2H3,(H,20,23)/b14-8+/t15-,16-/m0/s1. The SMILES string of the molecule is Cc1nn([C@H]2CCS(=O)(=O)C2)c(C)c1/C=C(\C#N)C(=O)NC[C@@H]1CCCO1. The number of ether oxygens (including phenoxy) is 1. The van der Waals surface area contributed by atoms with Crippen LogP contribution < -0.4 is 5.32 Å². The van der Waals surface area contributed by atoms with E-state index in [1.54, 1.807) is 11.6 Å². The molecular formula is C18H24N4O4S. The number of carbonyl (C=O) groups excluding carboxylic acids is 1. The Labute approximate surface area is 159 Å². The Hall–Kier alpha value is -2.18. The van der Waals surface area contributed by atoms with Gasteiger partial charge in [-0.15, -0.1) is 0 Å². The van der Waals surface area contributed by atoms with Crippen LogP contribution in [-0.4, -0.2) is 54.9 Å². The molecule has 0 unspecified atom stereocenters. The van der Waals surface area contributed by atoms with Crippen LogP contribution in [0.5, 0.6) is 0 Å². The maximum Gasteiger partial charge on any atom is 0.262 e. The average Bonchev–Trinajstić information content (AvgIpc) is 3.32. The molecule has 0 radical (unpaired) electrons. The molecule has 0 saturated carbocycles. The third kappa shape index (κ3) is 4.39. The van der Waals surface area contributed by atoms with E-state index in [4.69, 9.17) is 4.74 Å². The van der Waals surface area contributed by atoms with E-state index in [1.807, 2.05) is 13.0 Å². The van der Waals surface area contributed by atoms with Gasteiger partial charge in [0.15, 0.2) is 9.84 Å². The molecule has 8 nitrogen and oxygen atoms in total. The van der Waals surface area contributed by atoms with Crippen molar-refractivity contribution < 1.29 is 17.9 Å². The summed E-state index contributed by atoms with van der Waals surface area (Å²) in [5.74, 6) is -0.204. The minimum Gasteiger partial charge on any atom is -0.376 e. The largest absolute Gasteiger partial charge is 0.376 e. The van der Waals surface area contributed by atoms with E-state index in [1.165, 1.54) is 6.08 Å². The van der Waals surface area contributed by atoms with Crippen molar-refractivity contribution in [3.63, 3.8) is 0 Å².